The monoisotopic (exact) mass is 404 g/mol. The van der Waals surface area contributed by atoms with Crippen molar-refractivity contribution in [3.8, 4) is 0 Å². The van der Waals surface area contributed by atoms with Crippen molar-refractivity contribution in [2.24, 2.45) is 5.41 Å². The molecule has 4 rings (SSSR count). The molecule has 8 nitrogen and oxygen atoms in total. The van der Waals surface area contributed by atoms with Crippen molar-refractivity contribution in [3.63, 3.8) is 0 Å². The molecule has 0 unspecified atom stereocenters. The summed E-state index contributed by atoms with van der Waals surface area (Å²) in [5.74, 6) is -1.00. The molecule has 2 heterocycles. The first-order valence-corrected chi connectivity index (χ1v) is 9.77. The average Bonchev–Trinajstić information content (AvgIpc) is 2.92. The first-order chi connectivity index (χ1) is 13.6. The Morgan fingerprint density at radius 2 is 2.07 bits per heavy atom. The molecule has 1 aliphatic carbocycles. The number of benzene rings is 1. The van der Waals surface area contributed by atoms with E-state index < -0.39 is 17.8 Å². The molecule has 1 aromatic rings. The molecular formula is C20H25FN4O4. The van der Waals surface area contributed by atoms with Crippen LogP contribution < -0.4 is 20.9 Å². The molecule has 3 N–H and O–H groups in total. The van der Waals surface area contributed by atoms with E-state index in [4.69, 9.17) is 4.74 Å². The van der Waals surface area contributed by atoms with Gasteiger partial charge in [-0.2, -0.15) is 0 Å². The number of carbonyl (C=O) groups is 3. The van der Waals surface area contributed by atoms with Gasteiger partial charge in [-0.15, -0.1) is 0 Å². The molecule has 29 heavy (non-hydrogen) atoms. The number of urea groups is 2. The minimum Gasteiger partial charge on any atom is -0.375 e. The summed E-state index contributed by atoms with van der Waals surface area (Å²) in [6.45, 7) is 4.97. The highest BCUT2D eigenvalue weighted by molar-refractivity contribution is 6.06. The van der Waals surface area contributed by atoms with E-state index in [1.54, 1.807) is 0 Å². The predicted molar refractivity (Wildman–Crippen MR) is 104 cm³/mol. The van der Waals surface area contributed by atoms with Crippen LogP contribution in [0.15, 0.2) is 18.2 Å². The van der Waals surface area contributed by atoms with Crippen molar-refractivity contribution in [2.45, 2.75) is 51.2 Å². The Labute approximate surface area is 168 Å². The van der Waals surface area contributed by atoms with Crippen molar-refractivity contribution in [3.05, 3.63) is 24.0 Å². The second kappa shape index (κ2) is 6.98. The second-order valence-electron chi connectivity index (χ2n) is 8.85. The van der Waals surface area contributed by atoms with Gasteiger partial charge in [0.2, 0.25) is 5.91 Å². The highest BCUT2D eigenvalue weighted by Crippen LogP contribution is 2.52. The fourth-order valence-corrected chi connectivity index (χ4v) is 4.65. The number of anilines is 2. The summed E-state index contributed by atoms with van der Waals surface area (Å²) in [4.78, 5) is 36.7. The van der Waals surface area contributed by atoms with E-state index in [0.29, 0.717) is 5.69 Å². The van der Waals surface area contributed by atoms with Crippen LogP contribution >= 0.6 is 0 Å². The third-order valence-electron chi connectivity index (χ3n) is 5.81. The van der Waals surface area contributed by atoms with Crippen LogP contribution in [0.4, 0.5) is 25.4 Å². The second-order valence-corrected chi connectivity index (χ2v) is 8.85. The van der Waals surface area contributed by atoms with Gasteiger partial charge in [0.1, 0.15) is 5.82 Å². The van der Waals surface area contributed by atoms with E-state index in [1.807, 2.05) is 0 Å². The summed E-state index contributed by atoms with van der Waals surface area (Å²) in [6, 6.07) is 3.03. The number of ether oxygens (including phenoxy) is 1. The number of hydrogen-bond donors (Lipinski definition) is 3. The molecule has 0 radical (unpaired) electrons. The van der Waals surface area contributed by atoms with Gasteiger partial charge >= 0.3 is 12.1 Å². The number of nitrogens with zero attached hydrogens (tertiary/aromatic N) is 1. The van der Waals surface area contributed by atoms with Gasteiger partial charge in [-0.3, -0.25) is 15.0 Å². The number of imide groups is 1. The molecular weight excluding hydrogens is 379 g/mol. The van der Waals surface area contributed by atoms with Crippen LogP contribution in [0.2, 0.25) is 0 Å². The maximum absolute atomic E-state index is 14.2. The maximum atomic E-state index is 14.2. The zero-order chi connectivity index (χ0) is 20.8. The molecule has 1 aromatic carbocycles. The number of carbonyl (C=O) groups excluding carboxylic acids is 3. The smallest absolute Gasteiger partial charge is 0.328 e. The summed E-state index contributed by atoms with van der Waals surface area (Å²) in [7, 11) is 0. The molecule has 3 aliphatic rings. The zero-order valence-electron chi connectivity index (χ0n) is 16.5. The molecule has 156 valence electrons. The molecule has 2 aliphatic heterocycles. The first-order valence-electron chi connectivity index (χ1n) is 9.77. The topological polar surface area (TPSA) is 99.8 Å². The van der Waals surface area contributed by atoms with Gasteiger partial charge < -0.3 is 15.4 Å². The number of nitrogens with one attached hydrogen (secondary N) is 3. The lowest BCUT2D eigenvalue weighted by molar-refractivity contribution is -0.120. The standard InChI is InChI=1S/C20H25FN4O4/c1-19(2)10-20(11-29-19)8-13(9-20)23-17(27)22-12-3-4-14(21)15(7-12)25-6-5-16(26)24-18(25)28/h3-4,7,13H,5-6,8-11H2,1-2H3,(H2,22,23,27)(H,24,26,28). The number of halogens is 1. The fourth-order valence-electron chi connectivity index (χ4n) is 4.65. The van der Waals surface area contributed by atoms with E-state index in [2.05, 4.69) is 29.8 Å². The highest BCUT2D eigenvalue weighted by Gasteiger charge is 2.52. The van der Waals surface area contributed by atoms with Gasteiger partial charge in [0.25, 0.3) is 0 Å². The number of amides is 5. The van der Waals surface area contributed by atoms with Crippen molar-refractivity contribution >= 4 is 29.3 Å². The Balaban J connectivity index is 1.35. The van der Waals surface area contributed by atoms with Gasteiger partial charge in [-0.25, -0.2) is 14.0 Å². The molecule has 9 heteroatoms. The van der Waals surface area contributed by atoms with Crippen LogP contribution in [0.25, 0.3) is 0 Å². The average molecular weight is 404 g/mol. The Bertz CT molecular complexity index is 866. The first kappa shape index (κ1) is 19.6. The van der Waals surface area contributed by atoms with Crippen LogP contribution in [-0.4, -0.2) is 42.8 Å². The summed E-state index contributed by atoms with van der Waals surface area (Å²) >= 11 is 0. The van der Waals surface area contributed by atoms with E-state index in [1.165, 1.54) is 18.2 Å². The summed E-state index contributed by atoms with van der Waals surface area (Å²) in [5, 5.41) is 7.79. The van der Waals surface area contributed by atoms with Gasteiger partial charge in [-0.1, -0.05) is 0 Å². The molecule has 3 fully saturated rings. The Kier molecular flexibility index (Phi) is 4.72. The third-order valence-corrected chi connectivity index (χ3v) is 5.81. The molecule has 0 aromatic heterocycles. The molecule has 0 bridgehead atoms. The van der Waals surface area contributed by atoms with Gasteiger partial charge in [0, 0.05) is 30.1 Å². The Morgan fingerprint density at radius 3 is 2.72 bits per heavy atom. The molecule has 1 spiro atoms. The van der Waals surface area contributed by atoms with Gasteiger partial charge in [-0.05, 0) is 51.3 Å². The molecule has 5 amide bonds. The van der Waals surface area contributed by atoms with Crippen LogP contribution in [-0.2, 0) is 9.53 Å². The highest BCUT2D eigenvalue weighted by atomic mass is 19.1. The van der Waals surface area contributed by atoms with Crippen molar-refractivity contribution in [1.82, 2.24) is 10.6 Å². The normalized spacial score (nSPS) is 28.1. The lowest BCUT2D eigenvalue weighted by atomic mass is 9.63. The summed E-state index contributed by atoms with van der Waals surface area (Å²) < 4.78 is 20.0. The summed E-state index contributed by atoms with van der Waals surface area (Å²) in [5.41, 5.74) is 0.427. The lowest BCUT2D eigenvalue weighted by Gasteiger charge is -2.44. The fraction of sp³-hybridized carbons (Fsp3) is 0.550. The minimum atomic E-state index is -0.678. The predicted octanol–water partition coefficient (Wildman–Crippen LogP) is 2.74. The largest absolute Gasteiger partial charge is 0.375 e. The number of rotatable bonds is 3. The van der Waals surface area contributed by atoms with Crippen molar-refractivity contribution in [2.75, 3.05) is 23.4 Å². The van der Waals surface area contributed by atoms with E-state index in [-0.39, 0.29) is 41.7 Å². The lowest BCUT2D eigenvalue weighted by Crippen LogP contribution is -2.52. The van der Waals surface area contributed by atoms with Crippen molar-refractivity contribution in [1.29, 1.82) is 0 Å². The van der Waals surface area contributed by atoms with Crippen LogP contribution in [0, 0.1) is 11.2 Å². The maximum Gasteiger partial charge on any atom is 0.328 e. The van der Waals surface area contributed by atoms with E-state index in [0.717, 1.165) is 30.8 Å². The summed E-state index contributed by atoms with van der Waals surface area (Å²) in [6.07, 6.45) is 2.83. The zero-order valence-corrected chi connectivity index (χ0v) is 16.5. The molecule has 0 atom stereocenters. The molecule has 2 saturated heterocycles. The van der Waals surface area contributed by atoms with Crippen molar-refractivity contribution < 1.29 is 23.5 Å². The quantitative estimate of drug-likeness (QED) is 0.721. The number of hydrogen-bond acceptors (Lipinski definition) is 4. The van der Waals surface area contributed by atoms with E-state index >= 15 is 0 Å². The van der Waals surface area contributed by atoms with Gasteiger partial charge in [0.05, 0.1) is 17.9 Å². The van der Waals surface area contributed by atoms with Gasteiger partial charge in [0.15, 0.2) is 0 Å². The Hall–Kier alpha value is -2.68. The Morgan fingerprint density at radius 1 is 1.31 bits per heavy atom. The SMILES string of the molecule is CC1(C)CC2(CO1)CC(NC(=O)Nc1ccc(F)c(N3CCC(=O)NC3=O)c1)C2. The van der Waals surface area contributed by atoms with Crippen LogP contribution in [0.5, 0.6) is 0 Å². The minimum absolute atomic E-state index is 0.0146. The van der Waals surface area contributed by atoms with Crippen LogP contribution in [0.3, 0.4) is 0 Å². The molecule has 1 saturated carbocycles. The van der Waals surface area contributed by atoms with Crippen LogP contribution in [0.1, 0.15) is 39.5 Å². The van der Waals surface area contributed by atoms with E-state index in [9.17, 15) is 18.8 Å². The third kappa shape index (κ3) is 4.05.